The van der Waals surface area contributed by atoms with Crippen molar-refractivity contribution in [1.82, 2.24) is 24.6 Å². The summed E-state index contributed by atoms with van der Waals surface area (Å²) in [6.07, 6.45) is -4.05. The van der Waals surface area contributed by atoms with Gasteiger partial charge in [0.1, 0.15) is 23.8 Å². The van der Waals surface area contributed by atoms with E-state index in [2.05, 4.69) is 20.0 Å². The Morgan fingerprint density at radius 1 is 1.33 bits per heavy atom. The van der Waals surface area contributed by atoms with E-state index in [0.29, 0.717) is 0 Å². The molecule has 0 aliphatic carbocycles. The van der Waals surface area contributed by atoms with Crippen molar-refractivity contribution in [1.29, 1.82) is 0 Å². The minimum Gasteiger partial charge on any atom is -0.462 e. The summed E-state index contributed by atoms with van der Waals surface area (Å²) >= 11 is 12.8. The zero-order valence-electron chi connectivity index (χ0n) is 23.9. The van der Waals surface area contributed by atoms with E-state index in [0.717, 1.165) is 16.3 Å². The van der Waals surface area contributed by atoms with Crippen molar-refractivity contribution in [3.8, 4) is 0 Å². The van der Waals surface area contributed by atoms with E-state index in [4.69, 9.17) is 53.4 Å². The molecule has 1 aliphatic heterocycles. The number of nitrogen functional groups attached to an aromatic ring is 2. The van der Waals surface area contributed by atoms with Crippen LogP contribution in [0.4, 0.5) is 16.2 Å². The number of nitrogens with one attached hydrogen (secondary N) is 1. The second kappa shape index (κ2) is 13.5. The molecule has 0 radical (unpaired) electrons. The summed E-state index contributed by atoms with van der Waals surface area (Å²) in [6, 6.07) is -0.939. The molecule has 3 heterocycles. The predicted molar refractivity (Wildman–Crippen MR) is 161 cm³/mol. The Hall–Kier alpha value is -1.69. The number of ether oxygens (including phenoxy) is 2. The van der Waals surface area contributed by atoms with Gasteiger partial charge in [0.15, 0.2) is 22.8 Å². The zero-order valence-corrected chi connectivity index (χ0v) is 27.2. The number of anilines is 2. The van der Waals surface area contributed by atoms with E-state index in [1.165, 1.54) is 13.3 Å². The van der Waals surface area contributed by atoms with Crippen LogP contribution in [0.3, 0.4) is 0 Å². The SMILES string of the molecule is CC(C)OC(=O)C(C)NP(=S)(OCCSC(=O)C(C)(C)C)OC[C@H]1O[C@@H](n2cnc3c(N)nc(N)nc32)[C@](F)(Cl)[C@@H]1O. The number of hydrogen-bond acceptors (Lipinski definition) is 14. The Balaban J connectivity index is 1.76. The highest BCUT2D eigenvalue weighted by Gasteiger charge is 2.58. The third-order valence-electron chi connectivity index (χ3n) is 5.75. The smallest absolute Gasteiger partial charge is 0.323 e. The Labute approximate surface area is 256 Å². The van der Waals surface area contributed by atoms with Crippen LogP contribution in [-0.2, 0) is 39.9 Å². The normalized spacial score (nSPS) is 25.0. The fraction of sp³-hybridized carbons (Fsp3) is 0.696. The summed E-state index contributed by atoms with van der Waals surface area (Å²) in [6.45, 7) is 6.31. The largest absolute Gasteiger partial charge is 0.462 e. The zero-order chi connectivity index (χ0) is 31.6. The van der Waals surface area contributed by atoms with E-state index < -0.39 is 54.2 Å². The molecule has 2 aromatic rings. The van der Waals surface area contributed by atoms with Crippen molar-refractivity contribution in [3.05, 3.63) is 6.33 Å². The molecule has 6 N–H and O–H groups in total. The molecule has 19 heteroatoms. The maximum atomic E-state index is 15.7. The number of carbonyl (C=O) groups excluding carboxylic acids is 2. The first-order valence-electron chi connectivity index (χ1n) is 12.9. The Morgan fingerprint density at radius 3 is 2.62 bits per heavy atom. The standard InChI is InChI=1S/C23H36ClFN7O7PS2/c1-11(2)38-18(34)12(3)31-40(41,36-7-8-42-20(35)22(4,5)6)37-9-13-15(33)23(24,25)19(39-13)32-10-28-14-16(26)29-21(27)30-17(14)32/h10-13,15,19,33H,7-9H2,1-6H3,(H,31,41)(H4,26,27,29,30)/t12?,13-,15-,19-,23+,40?/m1/s1. The summed E-state index contributed by atoms with van der Waals surface area (Å²) in [5.41, 5.74) is 11.1. The Morgan fingerprint density at radius 2 is 2.00 bits per heavy atom. The molecule has 0 amide bonds. The van der Waals surface area contributed by atoms with Gasteiger partial charge < -0.3 is 35.1 Å². The van der Waals surface area contributed by atoms with Gasteiger partial charge in [-0.05, 0) is 32.6 Å². The number of hydrogen-bond donors (Lipinski definition) is 4. The van der Waals surface area contributed by atoms with Crippen molar-refractivity contribution < 1.29 is 37.6 Å². The minimum atomic E-state index is -3.50. The van der Waals surface area contributed by atoms with Gasteiger partial charge in [-0.2, -0.15) is 9.97 Å². The van der Waals surface area contributed by atoms with Crippen molar-refractivity contribution in [2.24, 2.45) is 5.41 Å². The number of fused-ring (bicyclic) bond motifs is 1. The number of thioether (sulfide) groups is 1. The quantitative estimate of drug-likeness (QED) is 0.111. The number of aromatic nitrogens is 4. The summed E-state index contributed by atoms with van der Waals surface area (Å²) in [5, 5.41) is 10.7. The molecule has 236 valence electrons. The molecule has 1 aliphatic rings. The molecule has 42 heavy (non-hydrogen) atoms. The topological polar surface area (TPSA) is 199 Å². The van der Waals surface area contributed by atoms with Gasteiger partial charge in [0, 0.05) is 11.2 Å². The molecular formula is C23H36ClFN7O7PS2. The van der Waals surface area contributed by atoms with E-state index in [-0.39, 0.29) is 46.5 Å². The van der Waals surface area contributed by atoms with E-state index in [1.807, 2.05) is 0 Å². The fourth-order valence-electron chi connectivity index (χ4n) is 3.65. The lowest BCUT2D eigenvalue weighted by molar-refractivity contribution is -0.149. The van der Waals surface area contributed by atoms with Gasteiger partial charge in [0.25, 0.3) is 11.8 Å². The van der Waals surface area contributed by atoms with E-state index in [1.54, 1.807) is 34.6 Å². The Bertz CT molecular complexity index is 1350. The average molecular weight is 672 g/mol. The van der Waals surface area contributed by atoms with Crippen molar-refractivity contribution in [2.45, 2.75) is 77.3 Å². The molecule has 2 unspecified atom stereocenters. The van der Waals surface area contributed by atoms with Crippen molar-refractivity contribution in [2.75, 3.05) is 30.4 Å². The number of aliphatic hydroxyl groups is 1. The third-order valence-corrected chi connectivity index (χ3v) is 10.1. The number of esters is 1. The molecule has 1 saturated heterocycles. The number of imidazole rings is 1. The second-order valence-electron chi connectivity index (χ2n) is 10.8. The van der Waals surface area contributed by atoms with Gasteiger partial charge in [-0.25, -0.2) is 14.5 Å². The third kappa shape index (κ3) is 8.27. The molecule has 14 nitrogen and oxygen atoms in total. The molecule has 0 aromatic carbocycles. The molecule has 2 aromatic heterocycles. The Kier molecular flexibility index (Phi) is 11.2. The molecule has 1 fully saturated rings. The number of carbonyl (C=O) groups is 2. The second-order valence-corrected chi connectivity index (χ2v) is 15.6. The van der Waals surface area contributed by atoms with Gasteiger partial charge in [-0.3, -0.25) is 14.2 Å². The molecule has 0 spiro atoms. The lowest BCUT2D eigenvalue weighted by Gasteiger charge is -2.28. The molecule has 0 bridgehead atoms. The first-order chi connectivity index (χ1) is 19.4. The lowest BCUT2D eigenvalue weighted by atomic mass is 10.00. The van der Waals surface area contributed by atoms with Gasteiger partial charge in [-0.15, -0.1) is 0 Å². The van der Waals surface area contributed by atoms with Crippen LogP contribution in [-0.4, -0.2) is 84.2 Å². The molecule has 3 rings (SSSR count). The molecular weight excluding hydrogens is 636 g/mol. The highest BCUT2D eigenvalue weighted by Crippen LogP contribution is 2.49. The highest BCUT2D eigenvalue weighted by atomic mass is 35.5. The maximum Gasteiger partial charge on any atom is 0.323 e. The van der Waals surface area contributed by atoms with Crippen molar-refractivity contribution in [3.63, 3.8) is 0 Å². The van der Waals surface area contributed by atoms with Gasteiger partial charge in [-0.1, -0.05) is 44.1 Å². The monoisotopic (exact) mass is 671 g/mol. The summed E-state index contributed by atoms with van der Waals surface area (Å²) < 4.78 is 39.5. The van der Waals surface area contributed by atoms with Crippen molar-refractivity contribution >= 4 is 75.8 Å². The van der Waals surface area contributed by atoms with Crippen LogP contribution in [0.5, 0.6) is 0 Å². The predicted octanol–water partition coefficient (Wildman–Crippen LogP) is 2.65. The number of alkyl halides is 2. The van der Waals surface area contributed by atoms with Crippen LogP contribution in [0, 0.1) is 5.41 Å². The van der Waals surface area contributed by atoms with E-state index in [9.17, 15) is 14.7 Å². The number of nitrogens with two attached hydrogens (primary N) is 2. The van der Waals surface area contributed by atoms with Crippen LogP contribution >= 0.6 is 30.0 Å². The lowest BCUT2D eigenvalue weighted by Crippen LogP contribution is -2.39. The summed E-state index contributed by atoms with van der Waals surface area (Å²) in [7, 11) is 0. The summed E-state index contributed by atoms with van der Waals surface area (Å²) in [4.78, 5) is 36.6. The molecule has 6 atom stereocenters. The first-order valence-corrected chi connectivity index (χ1v) is 16.9. The first kappa shape index (κ1) is 34.8. The summed E-state index contributed by atoms with van der Waals surface area (Å²) in [5.74, 6) is -0.566. The van der Waals surface area contributed by atoms with Gasteiger partial charge in [0.2, 0.25) is 5.95 Å². The number of rotatable bonds is 12. The maximum absolute atomic E-state index is 15.7. The number of nitrogens with zero attached hydrogens (tertiary/aromatic N) is 4. The van der Waals surface area contributed by atoms with E-state index >= 15 is 4.39 Å². The van der Waals surface area contributed by atoms with Crippen LogP contribution in [0.1, 0.15) is 47.8 Å². The van der Waals surface area contributed by atoms with Crippen LogP contribution in [0.15, 0.2) is 6.33 Å². The number of aliphatic hydroxyl groups excluding tert-OH is 1. The van der Waals surface area contributed by atoms with Crippen LogP contribution in [0.2, 0.25) is 0 Å². The minimum absolute atomic E-state index is 0.00839. The van der Waals surface area contributed by atoms with Crippen LogP contribution in [0.25, 0.3) is 11.2 Å². The average Bonchev–Trinajstić information content (AvgIpc) is 3.37. The molecule has 0 saturated carbocycles. The number of halogens is 2. The van der Waals surface area contributed by atoms with Gasteiger partial charge >= 0.3 is 5.97 Å². The van der Waals surface area contributed by atoms with Crippen LogP contribution < -0.4 is 16.6 Å². The van der Waals surface area contributed by atoms with Gasteiger partial charge in [0.05, 0.1) is 25.6 Å². The fourth-order valence-corrected chi connectivity index (χ4v) is 7.21. The highest BCUT2D eigenvalue weighted by molar-refractivity contribution is 8.13.